The van der Waals surface area contributed by atoms with E-state index in [1.165, 1.54) is 24.3 Å². The highest BCUT2D eigenvalue weighted by molar-refractivity contribution is 9.10. The Balaban J connectivity index is 2.39. The molecule has 0 aliphatic heterocycles. The van der Waals surface area contributed by atoms with Gasteiger partial charge in [0.25, 0.3) is 10.0 Å². The number of benzene rings is 2. The van der Waals surface area contributed by atoms with Crippen LogP contribution in [0.5, 0.6) is 0 Å². The lowest BCUT2D eigenvalue weighted by atomic mass is 10.2. The fraction of sp³-hybridized carbons (Fsp3) is 0.143. The topological polar surface area (TPSA) is 58.2 Å². The van der Waals surface area contributed by atoms with E-state index in [0.29, 0.717) is 16.6 Å². The molecule has 0 radical (unpaired) electrons. The van der Waals surface area contributed by atoms with Crippen LogP contribution in [0.3, 0.4) is 0 Å². The summed E-state index contributed by atoms with van der Waals surface area (Å²) in [6, 6.07) is 10.5. The van der Waals surface area contributed by atoms with Crippen LogP contribution in [0, 0.1) is 5.82 Å². The average Bonchev–Trinajstić information content (AvgIpc) is 2.43. The van der Waals surface area contributed by atoms with Crippen LogP contribution in [0.25, 0.3) is 0 Å². The van der Waals surface area contributed by atoms with Crippen LogP contribution >= 0.6 is 15.9 Å². The molecule has 2 N–H and O–H groups in total. The van der Waals surface area contributed by atoms with Gasteiger partial charge in [0.15, 0.2) is 0 Å². The van der Waals surface area contributed by atoms with Gasteiger partial charge in [0.2, 0.25) is 0 Å². The lowest BCUT2D eigenvalue weighted by molar-refractivity contribution is 0.599. The molecular formula is C14H14BrFN2O2S. The summed E-state index contributed by atoms with van der Waals surface area (Å²) in [5.41, 5.74) is 0.946. The van der Waals surface area contributed by atoms with Crippen molar-refractivity contribution in [3.63, 3.8) is 0 Å². The van der Waals surface area contributed by atoms with E-state index in [4.69, 9.17) is 0 Å². The smallest absolute Gasteiger partial charge is 0.262 e. The molecule has 0 fully saturated rings. The van der Waals surface area contributed by atoms with Crippen molar-refractivity contribution in [2.24, 2.45) is 0 Å². The summed E-state index contributed by atoms with van der Waals surface area (Å²) in [4.78, 5) is 0.190. The van der Waals surface area contributed by atoms with Gasteiger partial charge in [-0.25, -0.2) is 12.8 Å². The molecule has 112 valence electrons. The fourth-order valence-corrected chi connectivity index (χ4v) is 3.78. The SMILES string of the molecule is CNCc1ccccc1S(=O)(=O)Nc1ccc(F)cc1Br. The van der Waals surface area contributed by atoms with E-state index in [9.17, 15) is 12.8 Å². The molecule has 0 saturated carbocycles. The van der Waals surface area contributed by atoms with Crippen molar-refractivity contribution < 1.29 is 12.8 Å². The van der Waals surface area contributed by atoms with Gasteiger partial charge in [-0.05, 0) is 52.8 Å². The third-order valence-electron chi connectivity index (χ3n) is 2.80. The molecule has 0 aliphatic carbocycles. The van der Waals surface area contributed by atoms with Gasteiger partial charge >= 0.3 is 0 Å². The maximum Gasteiger partial charge on any atom is 0.262 e. The molecule has 0 spiro atoms. The van der Waals surface area contributed by atoms with Gasteiger partial charge in [-0.1, -0.05) is 18.2 Å². The number of rotatable bonds is 5. The Morgan fingerprint density at radius 1 is 1.19 bits per heavy atom. The Kier molecular flexibility index (Phi) is 4.97. The van der Waals surface area contributed by atoms with Gasteiger partial charge in [0, 0.05) is 11.0 Å². The zero-order chi connectivity index (χ0) is 15.5. The summed E-state index contributed by atoms with van der Waals surface area (Å²) in [6.07, 6.45) is 0. The molecule has 0 heterocycles. The van der Waals surface area contributed by atoms with Crippen LogP contribution in [0.1, 0.15) is 5.56 Å². The van der Waals surface area contributed by atoms with Gasteiger partial charge in [-0.15, -0.1) is 0 Å². The number of nitrogens with one attached hydrogen (secondary N) is 2. The lowest BCUT2D eigenvalue weighted by Gasteiger charge is -2.13. The second-order valence-corrected chi connectivity index (χ2v) is 6.87. The predicted molar refractivity (Wildman–Crippen MR) is 84.1 cm³/mol. The van der Waals surface area contributed by atoms with E-state index >= 15 is 0 Å². The molecule has 0 bridgehead atoms. The van der Waals surface area contributed by atoms with Crippen molar-refractivity contribution in [3.8, 4) is 0 Å². The Bertz CT molecular complexity index is 750. The van der Waals surface area contributed by atoms with Crippen LogP contribution in [-0.2, 0) is 16.6 Å². The van der Waals surface area contributed by atoms with E-state index in [1.807, 2.05) is 0 Å². The quantitative estimate of drug-likeness (QED) is 0.847. The van der Waals surface area contributed by atoms with Gasteiger partial charge in [0.1, 0.15) is 5.82 Å². The molecule has 0 aromatic heterocycles. The molecule has 2 aromatic carbocycles. The zero-order valence-corrected chi connectivity index (χ0v) is 13.6. The third-order valence-corrected chi connectivity index (χ3v) is 4.93. The van der Waals surface area contributed by atoms with Crippen molar-refractivity contribution in [3.05, 3.63) is 58.3 Å². The predicted octanol–water partition coefficient (Wildman–Crippen LogP) is 3.11. The fourth-order valence-electron chi connectivity index (χ4n) is 1.87. The Morgan fingerprint density at radius 3 is 2.57 bits per heavy atom. The molecule has 4 nitrogen and oxygen atoms in total. The first kappa shape index (κ1) is 15.9. The normalized spacial score (nSPS) is 11.4. The van der Waals surface area contributed by atoms with Crippen LogP contribution in [0.2, 0.25) is 0 Å². The first-order valence-corrected chi connectivity index (χ1v) is 8.42. The minimum absolute atomic E-state index is 0.190. The van der Waals surface area contributed by atoms with Crippen molar-refractivity contribution in [2.45, 2.75) is 11.4 Å². The summed E-state index contributed by atoms with van der Waals surface area (Å²) in [5, 5.41) is 2.93. The van der Waals surface area contributed by atoms with Gasteiger partial charge in [0.05, 0.1) is 10.6 Å². The molecule has 2 aromatic rings. The van der Waals surface area contributed by atoms with E-state index in [2.05, 4.69) is 26.0 Å². The summed E-state index contributed by atoms with van der Waals surface area (Å²) in [6.45, 7) is 0.432. The van der Waals surface area contributed by atoms with E-state index < -0.39 is 15.8 Å². The molecular weight excluding hydrogens is 359 g/mol. The minimum atomic E-state index is -3.74. The second-order valence-electron chi connectivity index (χ2n) is 4.37. The number of hydrogen-bond donors (Lipinski definition) is 2. The molecule has 0 unspecified atom stereocenters. The lowest BCUT2D eigenvalue weighted by Crippen LogP contribution is -2.17. The first-order valence-electron chi connectivity index (χ1n) is 6.14. The highest BCUT2D eigenvalue weighted by Gasteiger charge is 2.19. The zero-order valence-electron chi connectivity index (χ0n) is 11.2. The standard InChI is InChI=1S/C14H14BrFN2O2S/c1-17-9-10-4-2-3-5-14(10)21(19,20)18-13-7-6-11(16)8-12(13)15/h2-8,17-18H,9H2,1H3. The van der Waals surface area contributed by atoms with Crippen LogP contribution < -0.4 is 10.0 Å². The van der Waals surface area contributed by atoms with Crippen LogP contribution in [0.15, 0.2) is 51.8 Å². The van der Waals surface area contributed by atoms with E-state index in [0.717, 1.165) is 0 Å². The number of hydrogen-bond acceptors (Lipinski definition) is 3. The molecule has 0 aliphatic rings. The molecule has 0 saturated heterocycles. The van der Waals surface area contributed by atoms with Crippen molar-refractivity contribution in [2.75, 3.05) is 11.8 Å². The number of sulfonamides is 1. The maximum absolute atomic E-state index is 13.1. The average molecular weight is 373 g/mol. The Labute approximate surface area is 131 Å². The summed E-state index contributed by atoms with van der Waals surface area (Å²) >= 11 is 3.14. The largest absolute Gasteiger partial charge is 0.316 e. The first-order chi connectivity index (χ1) is 9.94. The van der Waals surface area contributed by atoms with Crippen molar-refractivity contribution >= 4 is 31.6 Å². The maximum atomic E-state index is 13.1. The number of anilines is 1. The molecule has 21 heavy (non-hydrogen) atoms. The van der Waals surface area contributed by atoms with Gasteiger partial charge in [-0.3, -0.25) is 4.72 Å². The Morgan fingerprint density at radius 2 is 1.90 bits per heavy atom. The molecule has 7 heteroatoms. The van der Waals surface area contributed by atoms with Crippen LogP contribution in [-0.4, -0.2) is 15.5 Å². The van der Waals surface area contributed by atoms with Crippen molar-refractivity contribution in [1.82, 2.24) is 5.32 Å². The van der Waals surface area contributed by atoms with E-state index in [1.54, 1.807) is 25.2 Å². The highest BCUT2D eigenvalue weighted by Crippen LogP contribution is 2.26. The second kappa shape index (κ2) is 6.55. The van der Waals surface area contributed by atoms with Gasteiger partial charge in [-0.2, -0.15) is 0 Å². The van der Waals surface area contributed by atoms with E-state index in [-0.39, 0.29) is 10.6 Å². The summed E-state index contributed by atoms with van der Waals surface area (Å²) < 4.78 is 40.8. The summed E-state index contributed by atoms with van der Waals surface area (Å²) in [5.74, 6) is -0.444. The van der Waals surface area contributed by atoms with Crippen molar-refractivity contribution in [1.29, 1.82) is 0 Å². The van der Waals surface area contributed by atoms with Gasteiger partial charge < -0.3 is 5.32 Å². The Hall–Kier alpha value is -1.44. The highest BCUT2D eigenvalue weighted by atomic mass is 79.9. The third kappa shape index (κ3) is 3.81. The molecule has 0 atom stereocenters. The molecule has 0 amide bonds. The molecule has 2 rings (SSSR count). The van der Waals surface area contributed by atoms with Crippen LogP contribution in [0.4, 0.5) is 10.1 Å². The minimum Gasteiger partial charge on any atom is -0.316 e. The number of halogens is 2. The summed E-state index contributed by atoms with van der Waals surface area (Å²) in [7, 11) is -2.00. The monoisotopic (exact) mass is 372 g/mol.